The average molecular weight is 349 g/mol. The molecule has 7 heteroatoms. The second-order valence-corrected chi connectivity index (χ2v) is 7.61. The summed E-state index contributed by atoms with van der Waals surface area (Å²) in [6, 6.07) is -0.379. The highest BCUT2D eigenvalue weighted by Crippen LogP contribution is 2.27. The van der Waals surface area contributed by atoms with E-state index in [0.717, 1.165) is 57.8 Å². The summed E-state index contributed by atoms with van der Waals surface area (Å²) in [6.45, 7) is 1.73. The van der Waals surface area contributed by atoms with Crippen LogP contribution in [0.3, 0.4) is 0 Å². The molecule has 4 N–H and O–H groups in total. The van der Waals surface area contributed by atoms with E-state index in [9.17, 15) is 14.4 Å². The molecule has 1 unspecified atom stereocenters. The van der Waals surface area contributed by atoms with Crippen LogP contribution in [0.4, 0.5) is 4.79 Å². The quantitative estimate of drug-likeness (QED) is 0.587. The van der Waals surface area contributed by atoms with Crippen LogP contribution in [0.15, 0.2) is 4.99 Å². The Balaban J connectivity index is 1.80. The number of imide groups is 2. The standard InChI is InChI=1S/C18H28N4O3/c1-11(20-14-10-6-5-9-13(14)19)15-16(23)21-18(25)22(17(15)24)12-7-3-2-4-8-12/h12-15H,2-10,19H2,1H3,(H,21,23,25)/p+1/t13-,14-,15?/m0/s1. The maximum atomic E-state index is 13.0. The van der Waals surface area contributed by atoms with E-state index < -0.39 is 23.8 Å². The lowest BCUT2D eigenvalue weighted by Gasteiger charge is -2.37. The number of hydrogen-bond donors (Lipinski definition) is 2. The maximum absolute atomic E-state index is 13.0. The first kappa shape index (κ1) is 18.0. The highest BCUT2D eigenvalue weighted by molar-refractivity contribution is 6.27. The van der Waals surface area contributed by atoms with Crippen molar-refractivity contribution in [3.05, 3.63) is 0 Å². The van der Waals surface area contributed by atoms with E-state index in [2.05, 4.69) is 16.0 Å². The van der Waals surface area contributed by atoms with E-state index in [1.165, 1.54) is 4.90 Å². The number of carbonyl (C=O) groups is 3. The number of urea groups is 1. The molecule has 0 spiro atoms. The van der Waals surface area contributed by atoms with Gasteiger partial charge in [0.1, 0.15) is 12.1 Å². The summed E-state index contributed by atoms with van der Waals surface area (Å²) in [5.41, 5.74) is 4.67. The Bertz CT molecular complexity index is 583. The number of carbonyl (C=O) groups excluding carboxylic acids is 3. The number of quaternary nitrogens is 1. The van der Waals surface area contributed by atoms with Gasteiger partial charge in [0, 0.05) is 18.2 Å². The zero-order valence-corrected chi connectivity index (χ0v) is 15.0. The molecule has 3 aliphatic rings. The van der Waals surface area contributed by atoms with Crippen molar-refractivity contribution in [1.29, 1.82) is 0 Å². The van der Waals surface area contributed by atoms with Gasteiger partial charge in [0.25, 0.3) is 0 Å². The monoisotopic (exact) mass is 349 g/mol. The van der Waals surface area contributed by atoms with Crippen LogP contribution in [0, 0.1) is 5.92 Å². The van der Waals surface area contributed by atoms with Gasteiger partial charge in [-0.3, -0.25) is 24.8 Å². The topological polar surface area (TPSA) is 106 Å². The fourth-order valence-electron chi connectivity index (χ4n) is 4.34. The molecule has 2 saturated carbocycles. The summed E-state index contributed by atoms with van der Waals surface area (Å²) in [7, 11) is 0. The van der Waals surface area contributed by atoms with E-state index in [0.29, 0.717) is 5.71 Å². The molecule has 0 aromatic carbocycles. The minimum Gasteiger partial charge on any atom is -0.353 e. The van der Waals surface area contributed by atoms with E-state index >= 15 is 0 Å². The summed E-state index contributed by atoms with van der Waals surface area (Å²) in [5, 5.41) is 2.37. The highest BCUT2D eigenvalue weighted by atomic mass is 16.2. The molecule has 25 heavy (non-hydrogen) atoms. The Morgan fingerprint density at radius 3 is 2.36 bits per heavy atom. The third-order valence-electron chi connectivity index (χ3n) is 5.79. The second kappa shape index (κ2) is 7.64. The molecule has 0 radical (unpaired) electrons. The summed E-state index contributed by atoms with van der Waals surface area (Å²) >= 11 is 0. The Labute approximate surface area is 148 Å². The van der Waals surface area contributed by atoms with Gasteiger partial charge in [-0.2, -0.15) is 0 Å². The number of hydrogen-bond acceptors (Lipinski definition) is 4. The molecule has 0 aromatic rings. The normalized spacial score (nSPS) is 32.7. The molecule has 3 atom stereocenters. The van der Waals surface area contributed by atoms with Gasteiger partial charge in [-0.1, -0.05) is 25.7 Å². The molecule has 4 amide bonds. The number of nitrogens with one attached hydrogen (secondary N) is 1. The zero-order valence-electron chi connectivity index (χ0n) is 15.0. The Morgan fingerprint density at radius 1 is 1.04 bits per heavy atom. The van der Waals surface area contributed by atoms with E-state index in [-0.39, 0.29) is 18.1 Å². The highest BCUT2D eigenvalue weighted by Gasteiger charge is 2.45. The van der Waals surface area contributed by atoms with Crippen LogP contribution in [-0.2, 0) is 9.59 Å². The van der Waals surface area contributed by atoms with Crippen LogP contribution in [0.2, 0.25) is 0 Å². The molecule has 0 aromatic heterocycles. The number of aliphatic imine (C=N–C) groups is 1. The van der Waals surface area contributed by atoms with Gasteiger partial charge in [0.05, 0.1) is 0 Å². The zero-order chi connectivity index (χ0) is 18.0. The van der Waals surface area contributed by atoms with Crippen LogP contribution in [-0.4, -0.2) is 46.6 Å². The Kier molecular flexibility index (Phi) is 5.51. The minimum absolute atomic E-state index is 0.0649. The van der Waals surface area contributed by atoms with Gasteiger partial charge >= 0.3 is 6.03 Å². The molecular formula is C18H29N4O3+. The molecule has 2 aliphatic carbocycles. The fraction of sp³-hybridized carbons (Fsp3) is 0.778. The van der Waals surface area contributed by atoms with Gasteiger partial charge in [-0.15, -0.1) is 0 Å². The van der Waals surface area contributed by atoms with Crippen molar-refractivity contribution in [1.82, 2.24) is 10.2 Å². The van der Waals surface area contributed by atoms with Crippen molar-refractivity contribution in [3.63, 3.8) is 0 Å². The lowest BCUT2D eigenvalue weighted by molar-refractivity contribution is -0.428. The molecule has 3 fully saturated rings. The summed E-state index contributed by atoms with van der Waals surface area (Å²) in [5.74, 6) is -1.92. The van der Waals surface area contributed by atoms with E-state index in [1.54, 1.807) is 6.92 Å². The van der Waals surface area contributed by atoms with Crippen molar-refractivity contribution >= 4 is 23.6 Å². The van der Waals surface area contributed by atoms with E-state index in [1.807, 2.05) is 0 Å². The first-order valence-electron chi connectivity index (χ1n) is 9.54. The van der Waals surface area contributed by atoms with Gasteiger partial charge < -0.3 is 5.73 Å². The van der Waals surface area contributed by atoms with Gasteiger partial charge in [-0.05, 0) is 32.6 Å². The summed E-state index contributed by atoms with van der Waals surface area (Å²) in [6.07, 6.45) is 9.03. The first-order valence-corrected chi connectivity index (χ1v) is 9.54. The fourth-order valence-corrected chi connectivity index (χ4v) is 4.34. The average Bonchev–Trinajstić information content (AvgIpc) is 2.57. The number of barbiturate groups is 1. The van der Waals surface area contributed by atoms with E-state index in [4.69, 9.17) is 0 Å². The molecule has 3 rings (SSSR count). The third kappa shape index (κ3) is 3.76. The lowest BCUT2D eigenvalue weighted by atomic mass is 9.89. The van der Waals surface area contributed by atoms with Crippen molar-refractivity contribution in [2.45, 2.75) is 82.8 Å². The molecule has 1 aliphatic heterocycles. The smallest absolute Gasteiger partial charge is 0.331 e. The van der Waals surface area contributed by atoms with Crippen LogP contribution >= 0.6 is 0 Å². The van der Waals surface area contributed by atoms with Crippen LogP contribution in [0.5, 0.6) is 0 Å². The number of nitrogens with zero attached hydrogens (tertiary/aromatic N) is 2. The second-order valence-electron chi connectivity index (χ2n) is 7.61. The minimum atomic E-state index is -0.978. The third-order valence-corrected chi connectivity index (χ3v) is 5.79. The van der Waals surface area contributed by atoms with Gasteiger partial charge in [-0.25, -0.2) is 4.79 Å². The Hall–Kier alpha value is -1.76. The van der Waals surface area contributed by atoms with Crippen LogP contribution in [0.25, 0.3) is 0 Å². The molecule has 1 saturated heterocycles. The number of rotatable bonds is 3. The van der Waals surface area contributed by atoms with Crippen molar-refractivity contribution in [2.24, 2.45) is 10.9 Å². The van der Waals surface area contributed by atoms with Crippen molar-refractivity contribution in [3.8, 4) is 0 Å². The van der Waals surface area contributed by atoms with Crippen molar-refractivity contribution in [2.75, 3.05) is 0 Å². The predicted octanol–water partition coefficient (Wildman–Crippen LogP) is 1.03. The van der Waals surface area contributed by atoms with Gasteiger partial charge in [0.2, 0.25) is 11.8 Å². The van der Waals surface area contributed by atoms with Crippen molar-refractivity contribution < 1.29 is 20.1 Å². The SMILES string of the molecule is CC(=N[C@H]1CCCC[C@@H]1[NH3+])C1C(=O)NC(=O)N(C2CCCCC2)C1=O. The van der Waals surface area contributed by atoms with Crippen LogP contribution in [0.1, 0.15) is 64.7 Å². The Morgan fingerprint density at radius 2 is 1.68 bits per heavy atom. The van der Waals surface area contributed by atoms with Crippen LogP contribution < -0.4 is 11.1 Å². The van der Waals surface area contributed by atoms with Gasteiger partial charge in [0.15, 0.2) is 5.92 Å². The predicted molar refractivity (Wildman–Crippen MR) is 92.8 cm³/mol. The largest absolute Gasteiger partial charge is 0.353 e. The first-order chi connectivity index (χ1) is 12.0. The number of amides is 4. The molecule has 138 valence electrons. The molecule has 7 nitrogen and oxygen atoms in total. The molecule has 0 bridgehead atoms. The summed E-state index contributed by atoms with van der Waals surface area (Å²) < 4.78 is 0. The molecule has 1 heterocycles. The maximum Gasteiger partial charge on any atom is 0.331 e. The molecular weight excluding hydrogens is 320 g/mol. The lowest BCUT2D eigenvalue weighted by Crippen LogP contribution is -2.67. The summed E-state index contributed by atoms with van der Waals surface area (Å²) in [4.78, 5) is 43.5.